The van der Waals surface area contributed by atoms with Crippen LogP contribution in [0.4, 0.5) is 0 Å². The summed E-state index contributed by atoms with van der Waals surface area (Å²) in [5, 5.41) is 9.25. The maximum Gasteiger partial charge on any atom is 0.313 e. The van der Waals surface area contributed by atoms with Gasteiger partial charge in [0.1, 0.15) is 11.5 Å². The number of rotatable bonds is 9. The van der Waals surface area contributed by atoms with Gasteiger partial charge in [-0.3, -0.25) is 4.79 Å². The molecule has 0 saturated carbocycles. The third-order valence-electron chi connectivity index (χ3n) is 4.00. The second-order valence-electron chi connectivity index (χ2n) is 6.14. The monoisotopic (exact) mass is 417 g/mol. The number of carboxylic acids is 1. The molecule has 1 heterocycles. The van der Waals surface area contributed by atoms with Gasteiger partial charge in [-0.25, -0.2) is 4.98 Å². The fourth-order valence-electron chi connectivity index (χ4n) is 2.63. The zero-order valence-corrected chi connectivity index (χ0v) is 16.9. The van der Waals surface area contributed by atoms with Gasteiger partial charge in [0.2, 0.25) is 5.89 Å². The third-order valence-corrected chi connectivity index (χ3v) is 5.30. The molecule has 0 spiro atoms. The molecule has 0 radical (unpaired) electrons. The predicted molar refractivity (Wildman–Crippen MR) is 111 cm³/mol. The number of benzene rings is 2. The van der Waals surface area contributed by atoms with Crippen LogP contribution in [0.15, 0.2) is 52.9 Å². The Kier molecular flexibility index (Phi) is 7.01. The normalized spacial score (nSPS) is 10.8. The minimum atomic E-state index is -0.826. The molecule has 0 aliphatic rings. The summed E-state index contributed by atoms with van der Waals surface area (Å²) in [5.74, 6) is 1.78. The molecule has 0 aliphatic heterocycles. The van der Waals surface area contributed by atoms with Crippen molar-refractivity contribution in [3.63, 3.8) is 0 Å². The third kappa shape index (κ3) is 5.53. The first kappa shape index (κ1) is 20.3. The van der Waals surface area contributed by atoms with E-state index in [1.807, 2.05) is 49.4 Å². The summed E-state index contributed by atoms with van der Waals surface area (Å²) in [6, 6.07) is 15.2. The molecule has 0 unspecified atom stereocenters. The highest BCUT2D eigenvalue weighted by atomic mass is 35.5. The van der Waals surface area contributed by atoms with Crippen LogP contribution in [0.1, 0.15) is 17.0 Å². The number of aliphatic carboxylic acids is 1. The summed E-state index contributed by atoms with van der Waals surface area (Å²) >= 11 is 7.55. The van der Waals surface area contributed by atoms with Crippen molar-refractivity contribution in [2.75, 3.05) is 12.4 Å². The lowest BCUT2D eigenvalue weighted by atomic mass is 10.2. The molecule has 3 rings (SSSR count). The Labute approximate surface area is 172 Å². The summed E-state index contributed by atoms with van der Waals surface area (Å²) in [5.41, 5.74) is 2.75. The van der Waals surface area contributed by atoms with Gasteiger partial charge in [0.25, 0.3) is 0 Å². The average Bonchev–Trinajstić information content (AvgIpc) is 3.05. The van der Waals surface area contributed by atoms with Crippen LogP contribution in [0.5, 0.6) is 5.75 Å². The Hall–Kier alpha value is -2.44. The van der Waals surface area contributed by atoms with Gasteiger partial charge in [0.05, 0.1) is 23.1 Å². The lowest BCUT2D eigenvalue weighted by Crippen LogP contribution is -2.03. The molecule has 0 amide bonds. The fourth-order valence-corrected chi connectivity index (χ4v) is 3.49. The highest BCUT2D eigenvalue weighted by Gasteiger charge is 2.12. The average molecular weight is 418 g/mol. The maximum absolute atomic E-state index is 10.6. The molecule has 146 valence electrons. The minimum absolute atomic E-state index is 0.0635. The van der Waals surface area contributed by atoms with Crippen LogP contribution in [-0.4, -0.2) is 28.4 Å². The number of aromatic nitrogens is 1. The highest BCUT2D eigenvalue weighted by molar-refractivity contribution is 7.99. The molecule has 28 heavy (non-hydrogen) atoms. The first-order valence-electron chi connectivity index (χ1n) is 8.75. The molecular weight excluding hydrogens is 398 g/mol. The Bertz CT molecular complexity index is 943. The van der Waals surface area contributed by atoms with Crippen molar-refractivity contribution >= 4 is 29.3 Å². The number of carboxylic acid groups (broad SMARTS) is 1. The molecular formula is C21H20ClNO4S. The Balaban J connectivity index is 1.59. The first-order chi connectivity index (χ1) is 13.5. The Morgan fingerprint density at radius 3 is 2.79 bits per heavy atom. The van der Waals surface area contributed by atoms with Gasteiger partial charge in [0.15, 0.2) is 0 Å². The van der Waals surface area contributed by atoms with Gasteiger partial charge < -0.3 is 14.3 Å². The molecule has 0 fully saturated rings. The number of aryl methyl sites for hydroxylation is 1. The van der Waals surface area contributed by atoms with Crippen molar-refractivity contribution in [3.05, 3.63) is 70.6 Å². The molecule has 0 aliphatic carbocycles. The first-order valence-corrected chi connectivity index (χ1v) is 10.3. The van der Waals surface area contributed by atoms with E-state index in [0.29, 0.717) is 35.4 Å². The van der Waals surface area contributed by atoms with E-state index < -0.39 is 5.97 Å². The summed E-state index contributed by atoms with van der Waals surface area (Å²) in [6.07, 6.45) is 0.594. The van der Waals surface area contributed by atoms with E-state index in [1.54, 1.807) is 6.07 Å². The number of hydrogen-bond donors (Lipinski definition) is 1. The summed E-state index contributed by atoms with van der Waals surface area (Å²) < 4.78 is 11.6. The number of nitrogens with zero attached hydrogens (tertiary/aromatic N) is 1. The number of oxazole rings is 1. The lowest BCUT2D eigenvalue weighted by Gasteiger charge is -2.09. The van der Waals surface area contributed by atoms with Gasteiger partial charge in [-0.15, -0.1) is 11.8 Å². The standard InChI is InChI=1S/C21H20ClNO4S/c1-14-18(23-21(27-14)16-5-3-2-4-6-16)9-10-26-19-11-15(7-8-17(19)22)12-28-13-20(24)25/h2-8,11H,9-10,12-13H2,1H3,(H,24,25). The van der Waals surface area contributed by atoms with Crippen LogP contribution >= 0.6 is 23.4 Å². The van der Waals surface area contributed by atoms with Crippen molar-refractivity contribution in [1.82, 2.24) is 4.98 Å². The van der Waals surface area contributed by atoms with Crippen molar-refractivity contribution in [2.24, 2.45) is 0 Å². The van der Waals surface area contributed by atoms with Crippen LogP contribution < -0.4 is 4.74 Å². The van der Waals surface area contributed by atoms with E-state index in [0.717, 1.165) is 22.6 Å². The van der Waals surface area contributed by atoms with E-state index in [-0.39, 0.29) is 5.75 Å². The number of hydrogen-bond acceptors (Lipinski definition) is 5. The maximum atomic E-state index is 10.6. The lowest BCUT2D eigenvalue weighted by molar-refractivity contribution is -0.133. The fraction of sp³-hybridized carbons (Fsp3) is 0.238. The SMILES string of the molecule is Cc1oc(-c2ccccc2)nc1CCOc1cc(CSCC(=O)O)ccc1Cl. The molecule has 7 heteroatoms. The number of halogens is 1. The zero-order valence-electron chi connectivity index (χ0n) is 15.4. The number of ether oxygens (including phenoxy) is 1. The van der Waals surface area contributed by atoms with E-state index in [4.69, 9.17) is 25.9 Å². The summed E-state index contributed by atoms with van der Waals surface area (Å²) in [6.45, 7) is 2.30. The largest absolute Gasteiger partial charge is 0.492 e. The predicted octanol–water partition coefficient (Wildman–Crippen LogP) is 5.24. The van der Waals surface area contributed by atoms with Crippen LogP contribution in [0.25, 0.3) is 11.5 Å². The Morgan fingerprint density at radius 2 is 2.04 bits per heavy atom. The van der Waals surface area contributed by atoms with Gasteiger partial charge in [-0.05, 0) is 36.8 Å². The molecule has 0 bridgehead atoms. The minimum Gasteiger partial charge on any atom is -0.492 e. The van der Waals surface area contributed by atoms with Crippen LogP contribution in [0.2, 0.25) is 5.02 Å². The molecule has 0 saturated heterocycles. The van der Waals surface area contributed by atoms with E-state index in [2.05, 4.69) is 4.98 Å². The van der Waals surface area contributed by atoms with Crippen LogP contribution in [0.3, 0.4) is 0 Å². The summed E-state index contributed by atoms with van der Waals surface area (Å²) in [4.78, 5) is 15.2. The van der Waals surface area contributed by atoms with Gasteiger partial charge in [-0.2, -0.15) is 0 Å². The molecule has 3 aromatic rings. The number of thioether (sulfide) groups is 1. The quantitative estimate of drug-likeness (QED) is 0.513. The molecule has 5 nitrogen and oxygen atoms in total. The summed E-state index contributed by atoms with van der Waals surface area (Å²) in [7, 11) is 0. The van der Waals surface area contributed by atoms with Crippen LogP contribution in [0, 0.1) is 6.92 Å². The smallest absolute Gasteiger partial charge is 0.313 e. The van der Waals surface area contributed by atoms with E-state index in [9.17, 15) is 4.79 Å². The molecule has 2 aromatic carbocycles. The van der Waals surface area contributed by atoms with E-state index >= 15 is 0 Å². The second-order valence-corrected chi connectivity index (χ2v) is 7.53. The van der Waals surface area contributed by atoms with Crippen molar-refractivity contribution in [2.45, 2.75) is 19.1 Å². The van der Waals surface area contributed by atoms with Gasteiger partial charge in [-0.1, -0.05) is 35.9 Å². The van der Waals surface area contributed by atoms with Gasteiger partial charge in [0, 0.05) is 17.7 Å². The Morgan fingerprint density at radius 1 is 1.25 bits per heavy atom. The van der Waals surface area contributed by atoms with Crippen molar-refractivity contribution in [1.29, 1.82) is 0 Å². The van der Waals surface area contributed by atoms with Crippen molar-refractivity contribution < 1.29 is 19.1 Å². The van der Waals surface area contributed by atoms with Gasteiger partial charge >= 0.3 is 5.97 Å². The van der Waals surface area contributed by atoms with E-state index in [1.165, 1.54) is 11.8 Å². The zero-order chi connectivity index (χ0) is 19.9. The topological polar surface area (TPSA) is 72.6 Å². The molecule has 0 atom stereocenters. The molecule has 1 N–H and O–H groups in total. The van der Waals surface area contributed by atoms with Crippen LogP contribution in [-0.2, 0) is 17.0 Å². The van der Waals surface area contributed by atoms with Crippen molar-refractivity contribution in [3.8, 4) is 17.2 Å². The second kappa shape index (κ2) is 9.66. The molecule has 1 aromatic heterocycles. The highest BCUT2D eigenvalue weighted by Crippen LogP contribution is 2.28. The number of carbonyl (C=O) groups is 1.